The summed E-state index contributed by atoms with van der Waals surface area (Å²) in [6.07, 6.45) is 1.61. The Balaban J connectivity index is 2.07. The van der Waals surface area contributed by atoms with Crippen molar-refractivity contribution in [2.75, 3.05) is 0 Å². The number of aromatic amines is 1. The minimum absolute atomic E-state index is 0.201. The highest BCUT2D eigenvalue weighted by atomic mass is 16.4. The number of rotatable bonds is 5. The predicted molar refractivity (Wildman–Crippen MR) is 89.0 cm³/mol. The number of H-pyrrole nitrogens is 1. The molecule has 22 heavy (non-hydrogen) atoms. The second-order valence-corrected chi connectivity index (χ2v) is 5.64. The van der Waals surface area contributed by atoms with Crippen LogP contribution in [0.3, 0.4) is 0 Å². The van der Waals surface area contributed by atoms with Crippen molar-refractivity contribution in [3.8, 4) is 11.3 Å². The summed E-state index contributed by atoms with van der Waals surface area (Å²) in [5, 5.41) is 10.1. The largest absolute Gasteiger partial charge is 0.481 e. The van der Waals surface area contributed by atoms with Crippen LogP contribution in [0.25, 0.3) is 22.2 Å². The number of aliphatic carboxylic acids is 1. The summed E-state index contributed by atoms with van der Waals surface area (Å²) in [4.78, 5) is 14.3. The number of aromatic nitrogens is 1. The van der Waals surface area contributed by atoms with Gasteiger partial charge in [-0.2, -0.15) is 0 Å². The standard InChI is InChI=1S/C19H19NO2/c1-13-10-11-17-16(12-13)15(8-5-9-18(21)22)19(20-17)14-6-3-2-4-7-14/h2-4,6-7,10-12,20H,5,8-9H2,1H3,(H,21,22). The molecule has 0 aliphatic carbocycles. The first-order chi connectivity index (χ1) is 10.6. The normalized spacial score (nSPS) is 11.0. The quantitative estimate of drug-likeness (QED) is 0.725. The molecule has 0 amide bonds. The van der Waals surface area contributed by atoms with E-state index in [4.69, 9.17) is 5.11 Å². The van der Waals surface area contributed by atoms with Crippen molar-refractivity contribution >= 4 is 16.9 Å². The predicted octanol–water partition coefficient (Wildman–Crippen LogP) is 4.55. The molecule has 3 aromatic rings. The first-order valence-electron chi connectivity index (χ1n) is 7.53. The van der Waals surface area contributed by atoms with Crippen molar-refractivity contribution in [1.29, 1.82) is 0 Å². The molecule has 1 aromatic heterocycles. The third kappa shape index (κ3) is 2.89. The van der Waals surface area contributed by atoms with E-state index in [1.807, 2.05) is 18.2 Å². The fraction of sp³-hybridized carbons (Fsp3) is 0.211. The third-order valence-corrected chi connectivity index (χ3v) is 3.94. The summed E-state index contributed by atoms with van der Waals surface area (Å²) in [6, 6.07) is 16.6. The number of nitrogens with one attached hydrogen (secondary N) is 1. The van der Waals surface area contributed by atoms with E-state index in [0.717, 1.165) is 23.2 Å². The number of carboxylic acid groups (broad SMARTS) is 1. The van der Waals surface area contributed by atoms with Gasteiger partial charge in [0.05, 0.1) is 0 Å². The van der Waals surface area contributed by atoms with Crippen molar-refractivity contribution in [3.05, 3.63) is 59.7 Å². The second-order valence-electron chi connectivity index (χ2n) is 5.64. The van der Waals surface area contributed by atoms with Crippen LogP contribution in [0, 0.1) is 6.92 Å². The van der Waals surface area contributed by atoms with E-state index in [9.17, 15) is 4.79 Å². The van der Waals surface area contributed by atoms with E-state index in [1.165, 1.54) is 16.5 Å². The number of fused-ring (bicyclic) bond motifs is 1. The average Bonchev–Trinajstić information content (AvgIpc) is 2.86. The number of aryl methyl sites for hydroxylation is 2. The maximum absolute atomic E-state index is 10.8. The lowest BCUT2D eigenvalue weighted by Crippen LogP contribution is -1.96. The molecule has 3 rings (SSSR count). The van der Waals surface area contributed by atoms with Crippen LogP contribution in [0.1, 0.15) is 24.0 Å². The molecule has 0 spiro atoms. The maximum atomic E-state index is 10.8. The molecule has 0 aliphatic heterocycles. The molecule has 0 fully saturated rings. The lowest BCUT2D eigenvalue weighted by Gasteiger charge is -2.05. The van der Waals surface area contributed by atoms with Crippen LogP contribution in [0.4, 0.5) is 0 Å². The van der Waals surface area contributed by atoms with Crippen LogP contribution in [0.5, 0.6) is 0 Å². The average molecular weight is 293 g/mol. The van der Waals surface area contributed by atoms with E-state index in [2.05, 4.69) is 42.2 Å². The molecule has 0 aliphatic rings. The molecule has 0 saturated carbocycles. The highest BCUT2D eigenvalue weighted by Gasteiger charge is 2.13. The van der Waals surface area contributed by atoms with Gasteiger partial charge in [-0.1, -0.05) is 42.0 Å². The van der Waals surface area contributed by atoms with E-state index in [-0.39, 0.29) is 6.42 Å². The fourth-order valence-corrected chi connectivity index (χ4v) is 2.89. The Morgan fingerprint density at radius 1 is 1.14 bits per heavy atom. The Labute approximate surface area is 129 Å². The zero-order valence-electron chi connectivity index (χ0n) is 12.6. The number of carboxylic acids is 1. The van der Waals surface area contributed by atoms with Crippen LogP contribution < -0.4 is 0 Å². The number of carbonyl (C=O) groups is 1. The Morgan fingerprint density at radius 2 is 1.91 bits per heavy atom. The van der Waals surface area contributed by atoms with Crippen LogP contribution in [0.2, 0.25) is 0 Å². The molecule has 0 bridgehead atoms. The minimum atomic E-state index is -0.739. The minimum Gasteiger partial charge on any atom is -0.481 e. The van der Waals surface area contributed by atoms with Gasteiger partial charge in [0.15, 0.2) is 0 Å². The summed E-state index contributed by atoms with van der Waals surface area (Å²) in [5.41, 5.74) is 5.78. The van der Waals surface area contributed by atoms with Crippen molar-refractivity contribution in [3.63, 3.8) is 0 Å². The Bertz CT molecular complexity index is 803. The van der Waals surface area contributed by atoms with Crippen LogP contribution in [-0.2, 0) is 11.2 Å². The van der Waals surface area contributed by atoms with Crippen molar-refractivity contribution < 1.29 is 9.90 Å². The van der Waals surface area contributed by atoms with Crippen LogP contribution >= 0.6 is 0 Å². The van der Waals surface area contributed by atoms with Gasteiger partial charge in [0.2, 0.25) is 0 Å². The monoisotopic (exact) mass is 293 g/mol. The summed E-state index contributed by atoms with van der Waals surface area (Å²) in [5.74, 6) is -0.739. The topological polar surface area (TPSA) is 53.1 Å². The van der Waals surface area contributed by atoms with Gasteiger partial charge in [0, 0.05) is 23.0 Å². The molecular formula is C19H19NO2. The SMILES string of the molecule is Cc1ccc2[nH]c(-c3ccccc3)c(CCCC(=O)O)c2c1. The first kappa shape index (κ1) is 14.4. The molecule has 2 aromatic carbocycles. The number of hydrogen-bond acceptors (Lipinski definition) is 1. The molecule has 0 unspecified atom stereocenters. The molecule has 3 nitrogen and oxygen atoms in total. The van der Waals surface area contributed by atoms with Gasteiger partial charge < -0.3 is 10.1 Å². The molecule has 2 N–H and O–H groups in total. The summed E-state index contributed by atoms with van der Waals surface area (Å²) < 4.78 is 0. The molecule has 0 saturated heterocycles. The van der Waals surface area contributed by atoms with Crippen LogP contribution in [0.15, 0.2) is 48.5 Å². The van der Waals surface area contributed by atoms with E-state index in [1.54, 1.807) is 0 Å². The molecule has 0 atom stereocenters. The van der Waals surface area contributed by atoms with Gasteiger partial charge in [-0.15, -0.1) is 0 Å². The van der Waals surface area contributed by atoms with Crippen molar-refractivity contribution in [2.45, 2.75) is 26.2 Å². The smallest absolute Gasteiger partial charge is 0.303 e. The molecule has 3 heteroatoms. The second kappa shape index (κ2) is 6.06. The van der Waals surface area contributed by atoms with Crippen LogP contribution in [-0.4, -0.2) is 16.1 Å². The van der Waals surface area contributed by atoms with Gasteiger partial charge in [0.25, 0.3) is 0 Å². The van der Waals surface area contributed by atoms with Gasteiger partial charge in [-0.05, 0) is 43.0 Å². The van der Waals surface area contributed by atoms with Crippen molar-refractivity contribution in [1.82, 2.24) is 4.98 Å². The summed E-state index contributed by atoms with van der Waals surface area (Å²) in [7, 11) is 0. The number of hydrogen-bond donors (Lipinski definition) is 2. The third-order valence-electron chi connectivity index (χ3n) is 3.94. The molecule has 0 radical (unpaired) electrons. The lowest BCUT2D eigenvalue weighted by molar-refractivity contribution is -0.137. The Kier molecular flexibility index (Phi) is 3.96. The van der Waals surface area contributed by atoms with Gasteiger partial charge in [-0.25, -0.2) is 0 Å². The van der Waals surface area contributed by atoms with E-state index < -0.39 is 5.97 Å². The first-order valence-corrected chi connectivity index (χ1v) is 7.53. The Morgan fingerprint density at radius 3 is 2.64 bits per heavy atom. The van der Waals surface area contributed by atoms with Gasteiger partial charge in [0.1, 0.15) is 0 Å². The maximum Gasteiger partial charge on any atom is 0.303 e. The summed E-state index contributed by atoms with van der Waals surface area (Å²) >= 11 is 0. The Hall–Kier alpha value is -2.55. The highest BCUT2D eigenvalue weighted by Crippen LogP contribution is 2.32. The zero-order chi connectivity index (χ0) is 15.5. The highest BCUT2D eigenvalue weighted by molar-refractivity contribution is 5.91. The van der Waals surface area contributed by atoms with Crippen molar-refractivity contribution in [2.24, 2.45) is 0 Å². The zero-order valence-corrected chi connectivity index (χ0v) is 12.6. The summed E-state index contributed by atoms with van der Waals surface area (Å²) in [6.45, 7) is 2.08. The van der Waals surface area contributed by atoms with E-state index >= 15 is 0 Å². The molecular weight excluding hydrogens is 274 g/mol. The lowest BCUT2D eigenvalue weighted by atomic mass is 9.99. The molecule has 1 heterocycles. The van der Waals surface area contributed by atoms with Gasteiger partial charge >= 0.3 is 5.97 Å². The van der Waals surface area contributed by atoms with Gasteiger partial charge in [-0.3, -0.25) is 4.79 Å². The number of benzene rings is 2. The van der Waals surface area contributed by atoms with E-state index in [0.29, 0.717) is 6.42 Å². The fourth-order valence-electron chi connectivity index (χ4n) is 2.89. The molecule has 112 valence electrons.